The highest BCUT2D eigenvalue weighted by molar-refractivity contribution is 5.96. The van der Waals surface area contributed by atoms with Gasteiger partial charge in [0.15, 0.2) is 11.6 Å². The van der Waals surface area contributed by atoms with Crippen LogP contribution in [-0.4, -0.2) is 40.6 Å². The molecule has 3 heterocycles. The Balaban J connectivity index is 1.79. The van der Waals surface area contributed by atoms with E-state index in [-0.39, 0.29) is 11.9 Å². The second kappa shape index (κ2) is 9.22. The van der Waals surface area contributed by atoms with Gasteiger partial charge in [0.2, 0.25) is 0 Å². The number of halogens is 3. The van der Waals surface area contributed by atoms with Gasteiger partial charge in [0, 0.05) is 49.6 Å². The number of aromatic nitrogens is 3. The Kier molecular flexibility index (Phi) is 6.10. The van der Waals surface area contributed by atoms with Crippen LogP contribution in [0.4, 0.5) is 24.7 Å². The van der Waals surface area contributed by atoms with Gasteiger partial charge in [-0.25, -0.2) is 23.1 Å². The van der Waals surface area contributed by atoms with Gasteiger partial charge in [0.1, 0.15) is 17.5 Å². The maximum Gasteiger partial charge on any atom is 0.161 e. The summed E-state index contributed by atoms with van der Waals surface area (Å²) in [6.07, 6.45) is 3.34. The molecule has 35 heavy (non-hydrogen) atoms. The van der Waals surface area contributed by atoms with Gasteiger partial charge in [-0.3, -0.25) is 0 Å². The van der Waals surface area contributed by atoms with Crippen molar-refractivity contribution in [3.8, 4) is 22.5 Å². The number of H-pyrrole nitrogens is 1. The highest BCUT2D eigenvalue weighted by Gasteiger charge is 2.27. The number of rotatable bonds is 5. The highest BCUT2D eigenvalue weighted by atomic mass is 19.2. The number of pyridine rings is 1. The van der Waals surface area contributed by atoms with Crippen molar-refractivity contribution in [2.75, 3.05) is 29.9 Å². The van der Waals surface area contributed by atoms with Gasteiger partial charge in [-0.1, -0.05) is 6.07 Å². The van der Waals surface area contributed by atoms with Crippen LogP contribution < -0.4 is 16.0 Å². The van der Waals surface area contributed by atoms with Crippen molar-refractivity contribution in [2.45, 2.75) is 32.7 Å². The van der Waals surface area contributed by atoms with E-state index < -0.39 is 11.6 Å². The van der Waals surface area contributed by atoms with Gasteiger partial charge in [-0.15, -0.1) is 0 Å². The van der Waals surface area contributed by atoms with Crippen LogP contribution in [0.15, 0.2) is 36.5 Å². The Morgan fingerprint density at radius 2 is 1.83 bits per heavy atom. The van der Waals surface area contributed by atoms with E-state index in [0.717, 1.165) is 41.8 Å². The first-order valence-electron chi connectivity index (χ1n) is 11.7. The SMILES string of the molecule is CCNc1ncc(-c2cc(C)cc(F)c2)c(N2CCC(N)CC2)c1-c1nc2cc(F)c(F)cc2[nH]1. The molecule has 0 amide bonds. The van der Waals surface area contributed by atoms with Crippen LogP contribution in [0, 0.1) is 24.4 Å². The summed E-state index contributed by atoms with van der Waals surface area (Å²) in [7, 11) is 0. The van der Waals surface area contributed by atoms with Crippen molar-refractivity contribution >= 4 is 22.5 Å². The minimum Gasteiger partial charge on any atom is -0.370 e. The van der Waals surface area contributed by atoms with E-state index in [4.69, 9.17) is 5.73 Å². The Bertz CT molecular complexity index is 1330. The molecule has 1 fully saturated rings. The lowest BCUT2D eigenvalue weighted by atomic mass is 9.96. The molecule has 6 nitrogen and oxygen atoms in total. The summed E-state index contributed by atoms with van der Waals surface area (Å²) in [5.74, 6) is -1.25. The summed E-state index contributed by atoms with van der Waals surface area (Å²) < 4.78 is 42.3. The first kappa shape index (κ1) is 23.2. The van der Waals surface area contributed by atoms with Crippen LogP contribution >= 0.6 is 0 Å². The number of piperidine rings is 1. The van der Waals surface area contributed by atoms with Gasteiger partial charge in [-0.2, -0.15) is 0 Å². The molecule has 0 bridgehead atoms. The van der Waals surface area contributed by atoms with Crippen LogP contribution in [0.25, 0.3) is 33.5 Å². The lowest BCUT2D eigenvalue weighted by Gasteiger charge is -2.35. The molecular formula is C26H27F3N6. The molecule has 4 N–H and O–H groups in total. The molecule has 1 aliphatic heterocycles. The fourth-order valence-corrected chi connectivity index (χ4v) is 4.71. The van der Waals surface area contributed by atoms with E-state index in [1.165, 1.54) is 12.1 Å². The molecule has 1 saturated heterocycles. The topological polar surface area (TPSA) is 82.9 Å². The average Bonchev–Trinajstić information content (AvgIpc) is 3.21. The molecule has 2 aromatic heterocycles. The maximum atomic E-state index is 14.4. The molecule has 0 atom stereocenters. The molecule has 1 aliphatic rings. The summed E-state index contributed by atoms with van der Waals surface area (Å²) in [4.78, 5) is 14.6. The molecule has 0 unspecified atom stereocenters. The maximum absolute atomic E-state index is 14.4. The van der Waals surface area contributed by atoms with Crippen molar-refractivity contribution in [1.82, 2.24) is 15.0 Å². The predicted molar refractivity (Wildman–Crippen MR) is 133 cm³/mol. The Labute approximate surface area is 201 Å². The van der Waals surface area contributed by atoms with Crippen LogP contribution in [0.5, 0.6) is 0 Å². The minimum atomic E-state index is -0.963. The highest BCUT2D eigenvalue weighted by Crippen LogP contribution is 2.43. The average molecular weight is 481 g/mol. The van der Waals surface area contributed by atoms with Crippen molar-refractivity contribution in [3.05, 3.63) is 59.5 Å². The summed E-state index contributed by atoms with van der Waals surface area (Å²) in [6.45, 7) is 5.81. The number of nitrogens with one attached hydrogen (secondary N) is 2. The number of aryl methyl sites for hydroxylation is 1. The van der Waals surface area contributed by atoms with Crippen LogP contribution in [0.2, 0.25) is 0 Å². The van der Waals surface area contributed by atoms with Crippen molar-refractivity contribution in [1.29, 1.82) is 0 Å². The third kappa shape index (κ3) is 4.43. The quantitative estimate of drug-likeness (QED) is 0.357. The summed E-state index contributed by atoms with van der Waals surface area (Å²) >= 11 is 0. The van der Waals surface area contributed by atoms with Gasteiger partial charge < -0.3 is 20.9 Å². The number of fused-ring (bicyclic) bond motifs is 1. The van der Waals surface area contributed by atoms with Crippen molar-refractivity contribution in [2.24, 2.45) is 5.73 Å². The van der Waals surface area contributed by atoms with Crippen LogP contribution in [-0.2, 0) is 0 Å². The molecule has 9 heteroatoms. The second-order valence-corrected chi connectivity index (χ2v) is 8.99. The lowest BCUT2D eigenvalue weighted by molar-refractivity contribution is 0.501. The third-order valence-electron chi connectivity index (χ3n) is 6.37. The van der Waals surface area contributed by atoms with E-state index in [0.29, 0.717) is 53.4 Å². The van der Waals surface area contributed by atoms with E-state index in [1.54, 1.807) is 6.20 Å². The minimum absolute atomic E-state index is 0.113. The molecule has 4 aromatic rings. The van der Waals surface area contributed by atoms with Crippen LogP contribution in [0.1, 0.15) is 25.3 Å². The lowest BCUT2D eigenvalue weighted by Crippen LogP contribution is -2.40. The fraction of sp³-hybridized carbons (Fsp3) is 0.308. The van der Waals surface area contributed by atoms with Gasteiger partial charge in [0.05, 0.1) is 22.3 Å². The Morgan fingerprint density at radius 3 is 2.54 bits per heavy atom. The zero-order valence-electron chi connectivity index (χ0n) is 19.6. The zero-order valence-corrected chi connectivity index (χ0v) is 19.6. The molecule has 2 aromatic carbocycles. The first-order valence-corrected chi connectivity index (χ1v) is 11.7. The van der Waals surface area contributed by atoms with E-state index in [2.05, 4.69) is 25.2 Å². The molecular weight excluding hydrogens is 453 g/mol. The van der Waals surface area contributed by atoms with Gasteiger partial charge in [-0.05, 0) is 49.9 Å². The molecule has 5 rings (SSSR count). The number of benzene rings is 2. The molecule has 182 valence electrons. The number of anilines is 2. The predicted octanol–water partition coefficient (Wildman–Crippen LogP) is 5.38. The van der Waals surface area contributed by atoms with E-state index in [9.17, 15) is 13.2 Å². The summed E-state index contributed by atoms with van der Waals surface area (Å²) in [5, 5.41) is 3.29. The van der Waals surface area contributed by atoms with E-state index in [1.807, 2.05) is 19.9 Å². The molecule has 0 saturated carbocycles. The number of aromatic amines is 1. The normalized spacial score (nSPS) is 14.6. The van der Waals surface area contributed by atoms with Crippen molar-refractivity contribution < 1.29 is 13.2 Å². The zero-order chi connectivity index (χ0) is 24.7. The Morgan fingerprint density at radius 1 is 1.09 bits per heavy atom. The van der Waals surface area contributed by atoms with Crippen LogP contribution in [0.3, 0.4) is 0 Å². The first-order chi connectivity index (χ1) is 16.8. The number of nitrogens with zero attached hydrogens (tertiary/aromatic N) is 3. The standard InChI is InChI=1S/C26H27F3N6/c1-3-31-25-23(26-33-21-11-19(28)20(29)12-22(21)34-26)24(35-6-4-17(30)5-7-35)18(13-32-25)15-8-14(2)9-16(27)10-15/h8-13,17H,3-7,30H2,1-2H3,(H,31,32)(H,33,34). The molecule has 0 spiro atoms. The number of imidazole rings is 1. The second-order valence-electron chi connectivity index (χ2n) is 8.99. The fourth-order valence-electron chi connectivity index (χ4n) is 4.71. The van der Waals surface area contributed by atoms with E-state index >= 15 is 0 Å². The number of hydrogen-bond donors (Lipinski definition) is 3. The Hall–Kier alpha value is -3.59. The number of nitrogens with two attached hydrogens (primary N) is 1. The molecule has 0 aliphatic carbocycles. The largest absolute Gasteiger partial charge is 0.370 e. The summed E-state index contributed by atoms with van der Waals surface area (Å²) in [6, 6.07) is 7.17. The summed E-state index contributed by atoms with van der Waals surface area (Å²) in [5.41, 5.74) is 10.6. The van der Waals surface area contributed by atoms with Gasteiger partial charge >= 0.3 is 0 Å². The smallest absolute Gasteiger partial charge is 0.161 e. The van der Waals surface area contributed by atoms with Crippen molar-refractivity contribution in [3.63, 3.8) is 0 Å². The van der Waals surface area contributed by atoms with Gasteiger partial charge in [0.25, 0.3) is 0 Å². The number of hydrogen-bond acceptors (Lipinski definition) is 5. The third-order valence-corrected chi connectivity index (χ3v) is 6.37. The monoisotopic (exact) mass is 480 g/mol. The molecule has 0 radical (unpaired) electrons.